The van der Waals surface area contributed by atoms with Gasteiger partial charge < -0.3 is 21.0 Å². The number of anilines is 1. The van der Waals surface area contributed by atoms with Crippen LogP contribution in [0.1, 0.15) is 12.1 Å². The summed E-state index contributed by atoms with van der Waals surface area (Å²) in [4.78, 5) is 50.3. The number of pyridine rings is 1. The lowest BCUT2D eigenvalue weighted by molar-refractivity contribution is -0.659. The normalized spacial score (nSPS) is 19.2. The summed E-state index contributed by atoms with van der Waals surface area (Å²) < 4.78 is 2.46. The largest absolute Gasteiger partial charge is 0.477 e. The van der Waals surface area contributed by atoms with Gasteiger partial charge in [0.25, 0.3) is 10.7 Å². The number of oxime groups is 1. The Hall–Kier alpha value is -3.27. The molecule has 2 aliphatic heterocycles. The van der Waals surface area contributed by atoms with Crippen molar-refractivity contribution >= 4 is 89.2 Å². The molecule has 2 atom stereocenters. The highest BCUT2D eigenvalue weighted by Crippen LogP contribution is 2.42. The summed E-state index contributed by atoms with van der Waals surface area (Å²) >= 11 is 7.06. The molecule has 1 saturated heterocycles. The van der Waals surface area contributed by atoms with Gasteiger partial charge in [-0.3, -0.25) is 14.5 Å². The van der Waals surface area contributed by atoms with E-state index in [9.17, 15) is 19.5 Å². The van der Waals surface area contributed by atoms with Crippen molar-refractivity contribution in [2.45, 2.75) is 24.4 Å². The number of β-lactam (4-membered cyclic amide) rings is 1. The third-order valence-corrected chi connectivity index (χ3v) is 8.89. The summed E-state index contributed by atoms with van der Waals surface area (Å²) in [6.07, 6.45) is 1.96. The van der Waals surface area contributed by atoms with Gasteiger partial charge in [0.15, 0.2) is 23.6 Å². The minimum absolute atomic E-state index is 0.0276. The van der Waals surface area contributed by atoms with Gasteiger partial charge in [0.2, 0.25) is 5.91 Å². The molecular formula is C23H20BrN6O5S3+. The van der Waals surface area contributed by atoms with Crippen LogP contribution in [-0.2, 0) is 25.8 Å². The average molecular weight is 637 g/mol. The molecule has 1 unspecified atom stereocenters. The van der Waals surface area contributed by atoms with E-state index in [1.54, 1.807) is 5.38 Å². The van der Waals surface area contributed by atoms with Crippen molar-refractivity contribution in [1.29, 1.82) is 0 Å². The van der Waals surface area contributed by atoms with Crippen molar-refractivity contribution in [3.8, 4) is 0 Å². The summed E-state index contributed by atoms with van der Waals surface area (Å²) in [5, 5.41) is 21.1. The van der Waals surface area contributed by atoms with E-state index in [4.69, 9.17) is 10.6 Å². The monoisotopic (exact) mass is 635 g/mol. The predicted octanol–water partition coefficient (Wildman–Crippen LogP) is 2.64. The number of amides is 2. The molecule has 5 heterocycles. The summed E-state index contributed by atoms with van der Waals surface area (Å²) in [6, 6.07) is 5.30. The van der Waals surface area contributed by atoms with Crippen molar-refractivity contribution in [2.75, 3.05) is 12.3 Å². The summed E-state index contributed by atoms with van der Waals surface area (Å²) in [5.41, 5.74) is 5.82. The molecule has 11 nitrogen and oxygen atoms in total. The van der Waals surface area contributed by atoms with E-state index in [1.165, 1.54) is 28.0 Å². The van der Waals surface area contributed by atoms with E-state index in [1.807, 2.05) is 34.3 Å². The molecule has 0 radical (unpaired) electrons. The number of carboxylic acid groups (broad SMARTS) is 1. The Balaban J connectivity index is 1.45. The molecular weight excluding hydrogens is 616 g/mol. The maximum absolute atomic E-state index is 13.4. The number of aliphatic carboxylic acids is 1. The quantitative estimate of drug-likeness (QED) is 0.140. The second-order valence-corrected chi connectivity index (χ2v) is 12.4. The first kappa shape index (κ1) is 26.3. The number of aromatic nitrogens is 2. The third kappa shape index (κ3) is 5.18. The number of carboxylic acids is 1. The topological polar surface area (TPSA) is 151 Å². The second kappa shape index (κ2) is 10.8. The highest BCUT2D eigenvalue weighted by Gasteiger charge is 2.51. The minimum atomic E-state index is -1.20. The van der Waals surface area contributed by atoms with Gasteiger partial charge in [0.05, 0.1) is 22.8 Å². The number of nitrogens with zero attached hydrogens (tertiary/aromatic N) is 4. The molecule has 196 valence electrons. The molecule has 0 aliphatic carbocycles. The Morgan fingerprint density at radius 2 is 2.21 bits per heavy atom. The van der Waals surface area contributed by atoms with Crippen LogP contribution >= 0.6 is 50.4 Å². The number of thioether (sulfide) groups is 1. The first-order valence-electron chi connectivity index (χ1n) is 11.1. The van der Waals surface area contributed by atoms with Crippen molar-refractivity contribution < 1.29 is 28.9 Å². The fraction of sp³-hybridized carbons (Fsp3) is 0.217. The van der Waals surface area contributed by atoms with Crippen LogP contribution in [0.25, 0.3) is 10.2 Å². The number of nitrogens with two attached hydrogens (primary N) is 1. The fourth-order valence-electron chi connectivity index (χ4n) is 4.09. The molecule has 0 bridgehead atoms. The minimum Gasteiger partial charge on any atom is -0.477 e. The van der Waals surface area contributed by atoms with Crippen molar-refractivity contribution in [1.82, 2.24) is 15.2 Å². The van der Waals surface area contributed by atoms with Crippen molar-refractivity contribution in [3.63, 3.8) is 0 Å². The summed E-state index contributed by atoms with van der Waals surface area (Å²) in [6.45, 7) is 3.92. The lowest BCUT2D eigenvalue weighted by atomic mass is 9.99. The van der Waals surface area contributed by atoms with Gasteiger partial charge in [-0.15, -0.1) is 11.3 Å². The molecule has 2 aliphatic rings. The van der Waals surface area contributed by atoms with Crippen LogP contribution in [0.3, 0.4) is 0 Å². The molecule has 3 aromatic rings. The number of hydrogen-bond acceptors (Lipinski definition) is 10. The molecule has 2 amide bonds. The number of nitrogens with one attached hydrogen (secondary N) is 1. The van der Waals surface area contributed by atoms with E-state index in [0.717, 1.165) is 21.6 Å². The van der Waals surface area contributed by atoms with Crippen LogP contribution in [0, 0.1) is 0 Å². The maximum atomic E-state index is 13.4. The van der Waals surface area contributed by atoms with Gasteiger partial charge in [0, 0.05) is 15.9 Å². The van der Waals surface area contributed by atoms with Crippen LogP contribution in [0.4, 0.5) is 5.13 Å². The first-order chi connectivity index (χ1) is 18.2. The van der Waals surface area contributed by atoms with Gasteiger partial charge in [-0.05, 0) is 17.5 Å². The zero-order chi connectivity index (χ0) is 27.0. The number of thiazole rings is 1. The Morgan fingerprint density at radius 3 is 2.89 bits per heavy atom. The predicted molar refractivity (Wildman–Crippen MR) is 149 cm³/mol. The van der Waals surface area contributed by atoms with E-state index in [0.29, 0.717) is 9.39 Å². The number of allylic oxidation sites excluding steroid dienone is 1. The number of carbonyl (C=O) groups is 3. The zero-order valence-electron chi connectivity index (χ0n) is 19.5. The number of thiophene rings is 1. The maximum Gasteiger partial charge on any atom is 0.353 e. The number of carbonyl (C=O) groups excluding carboxylic acids is 2. The average Bonchev–Trinajstić information content (AvgIpc) is 3.51. The molecule has 1 fully saturated rings. The van der Waals surface area contributed by atoms with Gasteiger partial charge in [0.1, 0.15) is 23.4 Å². The lowest BCUT2D eigenvalue weighted by Gasteiger charge is -2.47. The van der Waals surface area contributed by atoms with Gasteiger partial charge in [-0.25, -0.2) is 9.78 Å². The van der Waals surface area contributed by atoms with E-state index >= 15 is 0 Å². The third-order valence-electron chi connectivity index (χ3n) is 5.73. The molecule has 3 aromatic heterocycles. The standard InChI is InChI=1S/C23H19BrN6O5S3/c1-11(24)9-35-28-17(13-10-37-23(25)26-13)19(32)27-20-14-7-16(31)30(14)18(22(33)34)15(38-20)8-29-5-2-3-12-4-6-36-21(12)29/h2-6,10,14,20H,1,7-9H2,(H3-,25,26,27,32,33,34)/p+1/t14-,20?/m0/s1. The lowest BCUT2D eigenvalue weighted by Crippen LogP contribution is -2.64. The highest BCUT2D eigenvalue weighted by molar-refractivity contribution is 9.11. The number of nitrogen functional groups attached to an aromatic ring is 1. The Morgan fingerprint density at radius 1 is 1.39 bits per heavy atom. The number of halogens is 1. The zero-order valence-corrected chi connectivity index (χ0v) is 23.5. The van der Waals surface area contributed by atoms with Gasteiger partial charge in [-0.2, -0.15) is 4.57 Å². The Kier molecular flexibility index (Phi) is 7.52. The highest BCUT2D eigenvalue weighted by atomic mass is 79.9. The Labute approximate surface area is 236 Å². The molecule has 15 heteroatoms. The molecule has 0 spiro atoms. The molecule has 4 N–H and O–H groups in total. The van der Waals surface area contributed by atoms with Crippen LogP contribution in [0.2, 0.25) is 0 Å². The Bertz CT molecular complexity index is 1530. The van der Waals surface area contributed by atoms with E-state index in [-0.39, 0.29) is 47.7 Å². The SMILES string of the molecule is C=C(Br)CON=C(C(=O)NC1SC(C[n+]2cccc3ccsc32)=C(C(=O)O)N2C(=O)C[C@@H]12)c1csc(N)n1. The van der Waals surface area contributed by atoms with Gasteiger partial charge in [-0.1, -0.05) is 50.8 Å². The number of fused-ring (bicyclic) bond motifs is 2. The number of rotatable bonds is 9. The fourth-order valence-corrected chi connectivity index (χ4v) is 6.98. The molecule has 0 aromatic carbocycles. The van der Waals surface area contributed by atoms with Crippen LogP contribution in [0.5, 0.6) is 0 Å². The number of hydrogen-bond donors (Lipinski definition) is 3. The molecule has 5 rings (SSSR count). The molecule has 38 heavy (non-hydrogen) atoms. The first-order valence-corrected chi connectivity index (χ1v) is 14.5. The van der Waals surface area contributed by atoms with Crippen molar-refractivity contribution in [3.05, 3.63) is 62.5 Å². The van der Waals surface area contributed by atoms with Crippen molar-refractivity contribution in [2.24, 2.45) is 5.16 Å². The molecule has 0 saturated carbocycles. The summed E-state index contributed by atoms with van der Waals surface area (Å²) in [7, 11) is 0. The smallest absolute Gasteiger partial charge is 0.353 e. The summed E-state index contributed by atoms with van der Waals surface area (Å²) in [5.74, 6) is -2.11. The van der Waals surface area contributed by atoms with Crippen LogP contribution in [0.15, 0.2) is 62.0 Å². The van der Waals surface area contributed by atoms with Gasteiger partial charge >= 0.3 is 5.97 Å². The van der Waals surface area contributed by atoms with E-state index in [2.05, 4.69) is 38.0 Å². The van der Waals surface area contributed by atoms with Crippen LogP contribution < -0.4 is 15.6 Å². The van der Waals surface area contributed by atoms with E-state index < -0.39 is 23.3 Å². The van der Waals surface area contributed by atoms with Crippen LogP contribution in [-0.4, -0.2) is 56.5 Å². The second-order valence-electron chi connectivity index (χ2n) is 8.24.